The maximum absolute atomic E-state index is 13.2. The van der Waals surface area contributed by atoms with Gasteiger partial charge in [-0.05, 0) is 31.0 Å². The van der Waals surface area contributed by atoms with E-state index in [9.17, 15) is 14.0 Å². The Morgan fingerprint density at radius 1 is 1.35 bits per heavy atom. The number of amides is 1. The molecule has 20 heavy (non-hydrogen) atoms. The number of anilines is 1. The van der Waals surface area contributed by atoms with Crippen LogP contribution in [-0.4, -0.2) is 36.1 Å². The number of aromatic carboxylic acids is 1. The fourth-order valence-electron chi connectivity index (χ4n) is 2.51. The maximum Gasteiger partial charge on any atom is 0.337 e. The van der Waals surface area contributed by atoms with E-state index >= 15 is 0 Å². The second kappa shape index (κ2) is 5.90. The van der Waals surface area contributed by atoms with Gasteiger partial charge in [0.25, 0.3) is 0 Å². The van der Waals surface area contributed by atoms with Crippen LogP contribution in [0, 0.1) is 5.82 Å². The van der Waals surface area contributed by atoms with Crippen molar-refractivity contribution in [2.75, 3.05) is 18.0 Å². The van der Waals surface area contributed by atoms with Crippen molar-refractivity contribution in [1.82, 2.24) is 5.32 Å². The number of hydrogen-bond donors (Lipinski definition) is 2. The average molecular weight is 280 g/mol. The van der Waals surface area contributed by atoms with Crippen molar-refractivity contribution in [2.24, 2.45) is 0 Å². The van der Waals surface area contributed by atoms with Crippen LogP contribution < -0.4 is 10.2 Å². The summed E-state index contributed by atoms with van der Waals surface area (Å²) in [7, 11) is 0. The van der Waals surface area contributed by atoms with Crippen LogP contribution in [0.3, 0.4) is 0 Å². The highest BCUT2D eigenvalue weighted by molar-refractivity contribution is 5.94. The standard InChI is InChI=1S/C14H17FN2O3/c1-9(18)16-11-4-6-17(7-5-11)13-3-2-10(15)8-12(13)14(19)20/h2-3,8,11H,4-7H2,1H3,(H,16,18)(H,19,20). The number of nitrogens with one attached hydrogen (secondary N) is 1. The molecule has 0 bridgehead atoms. The Labute approximate surface area is 116 Å². The van der Waals surface area contributed by atoms with Gasteiger partial charge in [0.2, 0.25) is 5.91 Å². The number of carboxylic acids is 1. The zero-order valence-electron chi connectivity index (χ0n) is 11.2. The van der Waals surface area contributed by atoms with Gasteiger partial charge >= 0.3 is 5.97 Å². The molecule has 2 N–H and O–H groups in total. The molecule has 1 aliphatic heterocycles. The van der Waals surface area contributed by atoms with E-state index in [0.29, 0.717) is 18.8 Å². The molecule has 0 aromatic heterocycles. The molecule has 1 fully saturated rings. The van der Waals surface area contributed by atoms with E-state index in [1.807, 2.05) is 4.90 Å². The summed E-state index contributed by atoms with van der Waals surface area (Å²) in [4.78, 5) is 24.1. The Morgan fingerprint density at radius 3 is 2.55 bits per heavy atom. The minimum atomic E-state index is -1.14. The van der Waals surface area contributed by atoms with E-state index in [1.54, 1.807) is 0 Å². The summed E-state index contributed by atoms with van der Waals surface area (Å²) in [5, 5.41) is 12.0. The molecule has 0 unspecified atom stereocenters. The third kappa shape index (κ3) is 3.26. The minimum absolute atomic E-state index is 0.0250. The van der Waals surface area contributed by atoms with E-state index < -0.39 is 11.8 Å². The van der Waals surface area contributed by atoms with Crippen LogP contribution >= 0.6 is 0 Å². The molecular formula is C14H17FN2O3. The quantitative estimate of drug-likeness (QED) is 0.883. The first-order valence-corrected chi connectivity index (χ1v) is 6.52. The van der Waals surface area contributed by atoms with Crippen molar-refractivity contribution in [3.05, 3.63) is 29.6 Å². The minimum Gasteiger partial charge on any atom is -0.478 e. The Hall–Kier alpha value is -2.11. The van der Waals surface area contributed by atoms with Gasteiger partial charge in [-0.3, -0.25) is 4.79 Å². The van der Waals surface area contributed by atoms with Crippen molar-refractivity contribution in [3.63, 3.8) is 0 Å². The summed E-state index contributed by atoms with van der Waals surface area (Å²) in [5.74, 6) is -1.75. The number of nitrogens with zero attached hydrogens (tertiary/aromatic N) is 1. The zero-order chi connectivity index (χ0) is 14.7. The molecule has 0 atom stereocenters. The van der Waals surface area contributed by atoms with Crippen LogP contribution in [0.4, 0.5) is 10.1 Å². The van der Waals surface area contributed by atoms with Gasteiger partial charge in [0.15, 0.2) is 0 Å². The third-order valence-electron chi connectivity index (χ3n) is 3.43. The topological polar surface area (TPSA) is 69.6 Å². The average Bonchev–Trinajstić information content (AvgIpc) is 2.39. The zero-order valence-corrected chi connectivity index (χ0v) is 11.2. The predicted octanol–water partition coefficient (Wildman–Crippen LogP) is 1.63. The number of halogens is 1. The van der Waals surface area contributed by atoms with Crippen LogP contribution in [0.15, 0.2) is 18.2 Å². The second-order valence-electron chi connectivity index (χ2n) is 4.93. The SMILES string of the molecule is CC(=O)NC1CCN(c2ccc(F)cc2C(=O)O)CC1. The van der Waals surface area contributed by atoms with Gasteiger partial charge in [0.1, 0.15) is 5.82 Å². The molecule has 1 aliphatic rings. The summed E-state index contributed by atoms with van der Waals surface area (Å²) in [6.07, 6.45) is 1.49. The molecule has 1 amide bonds. The Morgan fingerprint density at radius 2 is 2.00 bits per heavy atom. The lowest BCUT2D eigenvalue weighted by atomic mass is 10.0. The first-order chi connectivity index (χ1) is 9.47. The molecule has 1 aromatic rings. The molecule has 108 valence electrons. The van der Waals surface area contributed by atoms with E-state index in [1.165, 1.54) is 19.1 Å². The van der Waals surface area contributed by atoms with E-state index in [0.717, 1.165) is 18.9 Å². The summed E-state index contributed by atoms with van der Waals surface area (Å²) in [6, 6.07) is 3.93. The van der Waals surface area contributed by atoms with E-state index in [2.05, 4.69) is 5.32 Å². The van der Waals surface area contributed by atoms with Crippen molar-refractivity contribution < 1.29 is 19.1 Å². The number of hydrogen-bond acceptors (Lipinski definition) is 3. The monoisotopic (exact) mass is 280 g/mol. The van der Waals surface area contributed by atoms with Crippen molar-refractivity contribution in [1.29, 1.82) is 0 Å². The highest BCUT2D eigenvalue weighted by atomic mass is 19.1. The lowest BCUT2D eigenvalue weighted by molar-refractivity contribution is -0.119. The van der Waals surface area contributed by atoms with Crippen LogP contribution in [0.25, 0.3) is 0 Å². The summed E-state index contributed by atoms with van der Waals surface area (Å²) in [5.41, 5.74) is 0.503. The molecule has 5 nitrogen and oxygen atoms in total. The Bertz CT molecular complexity index is 525. The Kier molecular flexibility index (Phi) is 4.22. The number of rotatable bonds is 3. The summed E-state index contributed by atoms with van der Waals surface area (Å²) < 4.78 is 13.2. The molecule has 2 rings (SSSR count). The molecule has 0 aliphatic carbocycles. The van der Waals surface area contributed by atoms with Gasteiger partial charge in [0, 0.05) is 26.1 Å². The second-order valence-corrected chi connectivity index (χ2v) is 4.93. The van der Waals surface area contributed by atoms with Gasteiger partial charge < -0.3 is 15.3 Å². The molecule has 1 saturated heterocycles. The number of piperidine rings is 1. The van der Waals surface area contributed by atoms with Gasteiger partial charge in [-0.15, -0.1) is 0 Å². The van der Waals surface area contributed by atoms with Gasteiger partial charge in [-0.25, -0.2) is 9.18 Å². The van der Waals surface area contributed by atoms with Gasteiger partial charge in [0.05, 0.1) is 11.3 Å². The molecule has 0 radical (unpaired) electrons. The maximum atomic E-state index is 13.2. The molecule has 1 heterocycles. The number of carboxylic acid groups (broad SMARTS) is 1. The smallest absolute Gasteiger partial charge is 0.337 e. The lowest BCUT2D eigenvalue weighted by Crippen LogP contribution is -2.44. The summed E-state index contributed by atoms with van der Waals surface area (Å²) >= 11 is 0. The van der Waals surface area contributed by atoms with Gasteiger partial charge in [-0.1, -0.05) is 0 Å². The highest BCUT2D eigenvalue weighted by Crippen LogP contribution is 2.25. The van der Waals surface area contributed by atoms with Crippen molar-refractivity contribution in [3.8, 4) is 0 Å². The van der Waals surface area contributed by atoms with E-state index in [4.69, 9.17) is 5.11 Å². The Balaban J connectivity index is 2.11. The molecular weight excluding hydrogens is 263 g/mol. The van der Waals surface area contributed by atoms with Gasteiger partial charge in [-0.2, -0.15) is 0 Å². The molecule has 0 spiro atoms. The normalized spacial score (nSPS) is 16.0. The first-order valence-electron chi connectivity index (χ1n) is 6.52. The third-order valence-corrected chi connectivity index (χ3v) is 3.43. The molecule has 6 heteroatoms. The fraction of sp³-hybridized carbons (Fsp3) is 0.429. The van der Waals surface area contributed by atoms with Crippen LogP contribution in [-0.2, 0) is 4.79 Å². The number of carbonyl (C=O) groups is 2. The molecule has 0 saturated carbocycles. The molecule has 1 aromatic carbocycles. The first kappa shape index (κ1) is 14.3. The summed E-state index contributed by atoms with van der Waals surface area (Å²) in [6.45, 7) is 2.75. The lowest BCUT2D eigenvalue weighted by Gasteiger charge is -2.34. The largest absolute Gasteiger partial charge is 0.478 e. The number of benzene rings is 1. The fourth-order valence-corrected chi connectivity index (χ4v) is 2.51. The van der Waals surface area contributed by atoms with Crippen LogP contribution in [0.1, 0.15) is 30.1 Å². The van der Waals surface area contributed by atoms with Crippen molar-refractivity contribution in [2.45, 2.75) is 25.8 Å². The van der Waals surface area contributed by atoms with Crippen LogP contribution in [0.5, 0.6) is 0 Å². The predicted molar refractivity (Wildman–Crippen MR) is 72.4 cm³/mol. The van der Waals surface area contributed by atoms with Crippen molar-refractivity contribution >= 4 is 17.6 Å². The highest BCUT2D eigenvalue weighted by Gasteiger charge is 2.23. The van der Waals surface area contributed by atoms with Crippen LogP contribution in [0.2, 0.25) is 0 Å². The van der Waals surface area contributed by atoms with E-state index in [-0.39, 0.29) is 17.5 Å². The number of carbonyl (C=O) groups excluding carboxylic acids is 1.